The molecule has 0 amide bonds. The predicted octanol–water partition coefficient (Wildman–Crippen LogP) is 4.64. The third-order valence-electron chi connectivity index (χ3n) is 3.84. The van der Waals surface area contributed by atoms with E-state index < -0.39 is 30.6 Å². The lowest BCUT2D eigenvalue weighted by atomic mass is 10.1. The lowest BCUT2D eigenvalue weighted by Gasteiger charge is -2.28. The molecule has 3 nitrogen and oxygen atoms in total. The molecule has 0 bridgehead atoms. The van der Waals surface area contributed by atoms with Crippen molar-refractivity contribution in [2.75, 3.05) is 18.6 Å². The number of benzene rings is 2. The van der Waals surface area contributed by atoms with Crippen molar-refractivity contribution in [3.8, 4) is 5.75 Å². The summed E-state index contributed by atoms with van der Waals surface area (Å²) in [7, 11) is 1.39. The van der Waals surface area contributed by atoms with E-state index in [9.17, 15) is 31.4 Å². The number of methoxy groups -OCH3 is 1. The van der Waals surface area contributed by atoms with E-state index in [1.54, 1.807) is 12.1 Å². The third-order valence-corrected chi connectivity index (χ3v) is 3.84. The van der Waals surface area contributed by atoms with E-state index in [0.29, 0.717) is 17.0 Å². The second kappa shape index (κ2) is 8.08. The maximum atomic E-state index is 12.8. The molecule has 2 aromatic rings. The van der Waals surface area contributed by atoms with Crippen LogP contribution in [0.3, 0.4) is 0 Å². The Hall–Kier alpha value is -2.42. The molecule has 0 aromatic heterocycles. The summed E-state index contributed by atoms with van der Waals surface area (Å²) >= 11 is 0. The normalized spacial score (nSPS) is 13.3. The van der Waals surface area contributed by atoms with E-state index >= 15 is 0 Å². The molecule has 0 fully saturated rings. The Morgan fingerprint density at radius 2 is 1.63 bits per heavy atom. The molecule has 0 radical (unpaired) electrons. The fourth-order valence-electron chi connectivity index (χ4n) is 2.40. The molecule has 1 atom stereocenters. The zero-order chi connectivity index (χ0) is 20.2. The van der Waals surface area contributed by atoms with Gasteiger partial charge < -0.3 is 14.7 Å². The van der Waals surface area contributed by atoms with Gasteiger partial charge in [-0.1, -0.05) is 18.2 Å². The molecule has 0 aliphatic rings. The molecule has 2 aromatic carbocycles. The summed E-state index contributed by atoms with van der Waals surface area (Å²) in [5.41, 5.74) is -0.160. The van der Waals surface area contributed by atoms with E-state index in [1.165, 1.54) is 36.3 Å². The quantitative estimate of drug-likeness (QED) is 0.726. The van der Waals surface area contributed by atoms with Crippen molar-refractivity contribution in [1.82, 2.24) is 0 Å². The van der Waals surface area contributed by atoms with Crippen LogP contribution in [0.15, 0.2) is 48.5 Å². The average molecular weight is 393 g/mol. The zero-order valence-electron chi connectivity index (χ0n) is 14.2. The number of rotatable bonds is 6. The zero-order valence-corrected chi connectivity index (χ0v) is 14.2. The number of anilines is 1. The van der Waals surface area contributed by atoms with Crippen molar-refractivity contribution in [1.29, 1.82) is 0 Å². The minimum atomic E-state index is -4.82. The van der Waals surface area contributed by atoms with E-state index in [0.717, 1.165) is 12.1 Å². The number of hydrogen-bond acceptors (Lipinski definition) is 3. The molecule has 1 unspecified atom stereocenters. The predicted molar refractivity (Wildman–Crippen MR) is 87.5 cm³/mol. The Balaban J connectivity index is 2.28. The molecule has 0 aliphatic heterocycles. The summed E-state index contributed by atoms with van der Waals surface area (Å²) < 4.78 is 81.3. The van der Waals surface area contributed by atoms with Crippen LogP contribution in [0.5, 0.6) is 5.75 Å². The van der Waals surface area contributed by atoms with Gasteiger partial charge in [0.05, 0.1) is 19.2 Å². The van der Waals surface area contributed by atoms with E-state index in [2.05, 4.69) is 0 Å². The van der Waals surface area contributed by atoms with Crippen LogP contribution in [-0.2, 0) is 12.7 Å². The highest BCUT2D eigenvalue weighted by Crippen LogP contribution is 2.30. The first-order chi connectivity index (χ1) is 12.5. The molecule has 0 saturated heterocycles. The SMILES string of the molecule is COc1cccc(N(Cc2ccc(C(F)(F)F)cc2)CC(O)C(F)(F)F)c1. The lowest BCUT2D eigenvalue weighted by Crippen LogP contribution is -2.40. The summed E-state index contributed by atoms with van der Waals surface area (Å²) in [4.78, 5) is 1.23. The second-order valence-electron chi connectivity index (χ2n) is 5.83. The minimum absolute atomic E-state index is 0.127. The molecule has 1 N–H and O–H groups in total. The van der Waals surface area contributed by atoms with Gasteiger partial charge in [-0.2, -0.15) is 26.3 Å². The molecule has 27 heavy (non-hydrogen) atoms. The first kappa shape index (κ1) is 20.9. The molecule has 0 aliphatic carbocycles. The maximum Gasteiger partial charge on any atom is 0.416 e. The number of aliphatic hydroxyl groups is 1. The van der Waals surface area contributed by atoms with Crippen molar-refractivity contribution >= 4 is 5.69 Å². The van der Waals surface area contributed by atoms with Crippen LogP contribution < -0.4 is 9.64 Å². The summed E-state index contributed by atoms with van der Waals surface area (Å²) in [5.74, 6) is 0.395. The smallest absolute Gasteiger partial charge is 0.416 e. The van der Waals surface area contributed by atoms with Crippen LogP contribution in [-0.4, -0.2) is 31.0 Å². The van der Waals surface area contributed by atoms with Crippen LogP contribution in [0.25, 0.3) is 0 Å². The van der Waals surface area contributed by atoms with Gasteiger partial charge in [-0.05, 0) is 29.8 Å². The van der Waals surface area contributed by atoms with Gasteiger partial charge in [0.2, 0.25) is 0 Å². The number of alkyl halides is 6. The van der Waals surface area contributed by atoms with E-state index in [1.807, 2.05) is 0 Å². The summed E-state index contributed by atoms with van der Waals surface area (Å²) in [6.45, 7) is -0.907. The van der Waals surface area contributed by atoms with Gasteiger partial charge in [-0.15, -0.1) is 0 Å². The largest absolute Gasteiger partial charge is 0.497 e. The molecular formula is C18H17F6NO2. The molecule has 0 saturated carbocycles. The lowest BCUT2D eigenvalue weighted by molar-refractivity contribution is -0.200. The summed E-state index contributed by atoms with van der Waals surface area (Å²) in [6, 6.07) is 10.3. The summed E-state index contributed by atoms with van der Waals surface area (Å²) in [5, 5.41) is 9.43. The Morgan fingerprint density at radius 3 is 2.15 bits per heavy atom. The van der Waals surface area contributed by atoms with Gasteiger partial charge in [-0.3, -0.25) is 0 Å². The highest BCUT2D eigenvalue weighted by molar-refractivity contribution is 5.51. The summed E-state index contributed by atoms with van der Waals surface area (Å²) in [6.07, 6.45) is -11.9. The van der Waals surface area contributed by atoms with Crippen molar-refractivity contribution in [2.24, 2.45) is 0 Å². The molecule has 0 heterocycles. The van der Waals surface area contributed by atoms with E-state index in [4.69, 9.17) is 4.74 Å². The van der Waals surface area contributed by atoms with Gasteiger partial charge >= 0.3 is 12.4 Å². The van der Waals surface area contributed by atoms with Crippen LogP contribution in [0.1, 0.15) is 11.1 Å². The van der Waals surface area contributed by atoms with Crippen LogP contribution in [0.2, 0.25) is 0 Å². The van der Waals surface area contributed by atoms with Gasteiger partial charge in [0.15, 0.2) is 6.10 Å². The Labute approximate surface area is 151 Å². The number of halogens is 6. The van der Waals surface area contributed by atoms with Crippen molar-refractivity contribution in [3.63, 3.8) is 0 Å². The van der Waals surface area contributed by atoms with Gasteiger partial charge in [-0.25, -0.2) is 0 Å². The molecular weight excluding hydrogens is 376 g/mol. The average Bonchev–Trinajstić information content (AvgIpc) is 2.60. The highest BCUT2D eigenvalue weighted by Gasteiger charge is 2.39. The Morgan fingerprint density at radius 1 is 1.00 bits per heavy atom. The van der Waals surface area contributed by atoms with Crippen LogP contribution in [0.4, 0.5) is 32.0 Å². The third kappa shape index (κ3) is 5.78. The van der Waals surface area contributed by atoms with Gasteiger partial charge in [0.25, 0.3) is 0 Å². The highest BCUT2D eigenvalue weighted by atomic mass is 19.4. The minimum Gasteiger partial charge on any atom is -0.497 e. The first-order valence-electron chi connectivity index (χ1n) is 7.80. The Bertz CT molecular complexity index is 743. The molecule has 2 rings (SSSR count). The fourth-order valence-corrected chi connectivity index (χ4v) is 2.40. The molecule has 148 valence electrons. The monoisotopic (exact) mass is 393 g/mol. The van der Waals surface area contributed by atoms with Crippen LogP contribution in [0, 0.1) is 0 Å². The maximum absolute atomic E-state index is 12.8. The number of nitrogens with zero attached hydrogens (tertiary/aromatic N) is 1. The van der Waals surface area contributed by atoms with Crippen molar-refractivity contribution < 1.29 is 36.2 Å². The van der Waals surface area contributed by atoms with Crippen LogP contribution >= 0.6 is 0 Å². The molecule has 9 heteroatoms. The standard InChI is InChI=1S/C18H17F6NO2/c1-27-15-4-2-3-14(9-15)25(11-16(26)18(22,23)24)10-12-5-7-13(8-6-12)17(19,20)21/h2-9,16,26H,10-11H2,1H3. The fraction of sp³-hybridized carbons (Fsp3) is 0.333. The van der Waals surface area contributed by atoms with Crippen molar-refractivity contribution in [3.05, 3.63) is 59.7 Å². The Kier molecular flexibility index (Phi) is 6.25. The second-order valence-corrected chi connectivity index (χ2v) is 5.83. The van der Waals surface area contributed by atoms with Gasteiger partial charge in [0.1, 0.15) is 5.75 Å². The number of aliphatic hydroxyl groups excluding tert-OH is 1. The first-order valence-corrected chi connectivity index (χ1v) is 7.80. The topological polar surface area (TPSA) is 32.7 Å². The number of ether oxygens (including phenoxy) is 1. The molecule has 0 spiro atoms. The number of hydrogen-bond donors (Lipinski definition) is 1. The van der Waals surface area contributed by atoms with Gasteiger partial charge in [0, 0.05) is 18.3 Å². The van der Waals surface area contributed by atoms with Crippen molar-refractivity contribution in [2.45, 2.75) is 25.0 Å². The van der Waals surface area contributed by atoms with E-state index in [-0.39, 0.29) is 6.54 Å².